The van der Waals surface area contributed by atoms with Gasteiger partial charge >= 0.3 is 0 Å². The molecule has 2 fully saturated rings. The molecule has 2 aliphatic rings. The van der Waals surface area contributed by atoms with Gasteiger partial charge in [-0.25, -0.2) is 0 Å². The first-order chi connectivity index (χ1) is 9.54. The first-order valence-corrected chi connectivity index (χ1v) is 8.65. The molecule has 0 aliphatic heterocycles. The molecule has 2 rings (SSSR count). The number of ketones is 1. The van der Waals surface area contributed by atoms with Gasteiger partial charge < -0.3 is 4.74 Å². The average molecular weight is 280 g/mol. The molecule has 2 unspecified atom stereocenters. The monoisotopic (exact) mass is 280 g/mol. The fourth-order valence-electron chi connectivity index (χ4n) is 4.34. The predicted octanol–water partition coefficient (Wildman–Crippen LogP) is 4.76. The zero-order valence-corrected chi connectivity index (χ0v) is 13.7. The molecule has 0 aromatic heterocycles. The van der Waals surface area contributed by atoms with Crippen molar-refractivity contribution in [3.8, 4) is 0 Å². The zero-order valence-electron chi connectivity index (χ0n) is 13.7. The topological polar surface area (TPSA) is 26.3 Å². The summed E-state index contributed by atoms with van der Waals surface area (Å²) in [5.41, 5.74) is 0.00505. The van der Waals surface area contributed by atoms with Gasteiger partial charge in [-0.15, -0.1) is 0 Å². The lowest BCUT2D eigenvalue weighted by molar-refractivity contribution is -0.134. The maximum absolute atomic E-state index is 12.3. The molecule has 2 heteroatoms. The van der Waals surface area contributed by atoms with E-state index in [1.807, 2.05) is 0 Å². The van der Waals surface area contributed by atoms with Crippen LogP contribution in [0.25, 0.3) is 0 Å². The highest BCUT2D eigenvalue weighted by Crippen LogP contribution is 2.63. The van der Waals surface area contributed by atoms with Gasteiger partial charge in [-0.05, 0) is 30.6 Å². The Kier molecular flexibility index (Phi) is 5.28. The van der Waals surface area contributed by atoms with E-state index in [-0.39, 0.29) is 10.8 Å². The van der Waals surface area contributed by atoms with Crippen molar-refractivity contribution in [2.45, 2.75) is 78.6 Å². The van der Waals surface area contributed by atoms with E-state index >= 15 is 0 Å². The van der Waals surface area contributed by atoms with E-state index in [0.29, 0.717) is 18.3 Å². The number of fused-ring (bicyclic) bond motifs is 2. The molecule has 0 amide bonds. The molecule has 2 aliphatic carbocycles. The third-order valence-corrected chi connectivity index (χ3v) is 6.13. The van der Waals surface area contributed by atoms with Crippen molar-refractivity contribution in [2.75, 3.05) is 13.2 Å². The highest BCUT2D eigenvalue weighted by Gasteiger charge is 2.64. The molecule has 0 aromatic carbocycles. The average Bonchev–Trinajstić information content (AvgIpc) is 2.76. The maximum Gasteiger partial charge on any atom is 0.142 e. The Morgan fingerprint density at radius 3 is 2.45 bits per heavy atom. The Labute approximate surface area is 124 Å². The van der Waals surface area contributed by atoms with Crippen LogP contribution in [0.15, 0.2) is 0 Å². The Bertz CT molecular complexity index is 334. The van der Waals surface area contributed by atoms with Crippen molar-refractivity contribution in [3.63, 3.8) is 0 Å². The van der Waals surface area contributed by atoms with Gasteiger partial charge in [0.25, 0.3) is 0 Å². The molecule has 0 aromatic rings. The molecule has 2 nitrogen and oxygen atoms in total. The van der Waals surface area contributed by atoms with Crippen molar-refractivity contribution in [3.05, 3.63) is 0 Å². The number of Topliss-reactive ketones (excluding diaryl/α,β-unsaturated/α-hetero) is 1. The van der Waals surface area contributed by atoms with Crippen LogP contribution in [-0.2, 0) is 9.53 Å². The first kappa shape index (κ1) is 16.0. The lowest BCUT2D eigenvalue weighted by Gasteiger charge is -2.36. The molecule has 20 heavy (non-hydrogen) atoms. The lowest BCUT2D eigenvalue weighted by Crippen LogP contribution is -2.40. The van der Waals surface area contributed by atoms with E-state index in [4.69, 9.17) is 4.74 Å². The molecular formula is C18H32O2. The molecule has 116 valence electrons. The van der Waals surface area contributed by atoms with E-state index in [1.165, 1.54) is 38.5 Å². The van der Waals surface area contributed by atoms with Crippen molar-refractivity contribution in [1.82, 2.24) is 0 Å². The molecular weight excluding hydrogens is 248 g/mol. The van der Waals surface area contributed by atoms with Crippen LogP contribution in [-0.4, -0.2) is 19.0 Å². The Morgan fingerprint density at radius 1 is 1.15 bits per heavy atom. The number of carbonyl (C=O) groups excluding carboxylic acids is 1. The summed E-state index contributed by atoms with van der Waals surface area (Å²) in [6, 6.07) is 0. The molecule has 2 saturated carbocycles. The number of unbranched alkanes of at least 4 members (excludes halogenated alkanes) is 5. The fourth-order valence-corrected chi connectivity index (χ4v) is 4.34. The molecule has 0 heterocycles. The largest absolute Gasteiger partial charge is 0.380 e. The third-order valence-electron chi connectivity index (χ3n) is 6.13. The second kappa shape index (κ2) is 6.60. The fraction of sp³-hybridized carbons (Fsp3) is 0.944. The van der Waals surface area contributed by atoms with E-state index in [2.05, 4.69) is 20.8 Å². The van der Waals surface area contributed by atoms with E-state index < -0.39 is 0 Å². The standard InChI is InChI=1S/C18H32O2/c1-4-5-6-7-8-9-12-20-14-18-11-10-15(13-16(18)19)17(18,2)3/h15H,4-14H2,1-3H3. The van der Waals surface area contributed by atoms with E-state index in [1.54, 1.807) is 0 Å². The van der Waals surface area contributed by atoms with Crippen molar-refractivity contribution < 1.29 is 9.53 Å². The Morgan fingerprint density at radius 2 is 1.85 bits per heavy atom. The molecule has 0 spiro atoms. The minimum absolute atomic E-state index is 0.153. The normalized spacial score (nSPS) is 31.1. The highest BCUT2D eigenvalue weighted by atomic mass is 16.5. The van der Waals surface area contributed by atoms with E-state index in [0.717, 1.165) is 25.9 Å². The molecule has 0 saturated heterocycles. The van der Waals surface area contributed by atoms with Gasteiger partial charge in [0.1, 0.15) is 5.78 Å². The van der Waals surface area contributed by atoms with Crippen LogP contribution in [0.5, 0.6) is 0 Å². The molecule has 2 bridgehead atoms. The number of hydrogen-bond acceptors (Lipinski definition) is 2. The maximum atomic E-state index is 12.3. The van der Waals surface area contributed by atoms with Gasteiger partial charge in [0.15, 0.2) is 0 Å². The van der Waals surface area contributed by atoms with Crippen molar-refractivity contribution >= 4 is 5.78 Å². The van der Waals surface area contributed by atoms with Crippen molar-refractivity contribution in [1.29, 1.82) is 0 Å². The van der Waals surface area contributed by atoms with Crippen LogP contribution in [0.4, 0.5) is 0 Å². The minimum Gasteiger partial charge on any atom is -0.380 e. The number of ether oxygens (including phenoxy) is 1. The van der Waals surface area contributed by atoms with Gasteiger partial charge in [-0.3, -0.25) is 4.79 Å². The van der Waals surface area contributed by atoms with Crippen LogP contribution < -0.4 is 0 Å². The van der Waals surface area contributed by atoms with Crippen LogP contribution in [0, 0.1) is 16.7 Å². The van der Waals surface area contributed by atoms with Gasteiger partial charge in [0.05, 0.1) is 12.0 Å². The SMILES string of the molecule is CCCCCCCCOCC12CCC(CC1=O)C2(C)C. The van der Waals surface area contributed by atoms with E-state index in [9.17, 15) is 4.79 Å². The highest BCUT2D eigenvalue weighted by molar-refractivity contribution is 5.89. The van der Waals surface area contributed by atoms with Gasteiger partial charge in [-0.2, -0.15) is 0 Å². The molecule has 0 radical (unpaired) electrons. The third kappa shape index (κ3) is 2.81. The summed E-state index contributed by atoms with van der Waals surface area (Å²) < 4.78 is 5.93. The van der Waals surface area contributed by atoms with Crippen LogP contribution >= 0.6 is 0 Å². The summed E-state index contributed by atoms with van der Waals surface area (Å²) in [5.74, 6) is 1.08. The number of hydrogen-bond donors (Lipinski definition) is 0. The second-order valence-electron chi connectivity index (χ2n) is 7.49. The minimum atomic E-state index is -0.153. The summed E-state index contributed by atoms with van der Waals surface area (Å²) in [5, 5.41) is 0. The van der Waals surface area contributed by atoms with Crippen LogP contribution in [0.2, 0.25) is 0 Å². The summed E-state index contributed by atoms with van der Waals surface area (Å²) in [7, 11) is 0. The zero-order chi connectivity index (χ0) is 14.6. The van der Waals surface area contributed by atoms with Gasteiger partial charge in [0, 0.05) is 13.0 Å². The van der Waals surface area contributed by atoms with Gasteiger partial charge in [0.2, 0.25) is 0 Å². The van der Waals surface area contributed by atoms with Gasteiger partial charge in [-0.1, -0.05) is 52.9 Å². The quantitative estimate of drug-likeness (QED) is 0.569. The first-order valence-electron chi connectivity index (χ1n) is 8.65. The number of carbonyl (C=O) groups is 1. The predicted molar refractivity (Wildman–Crippen MR) is 82.8 cm³/mol. The second-order valence-corrected chi connectivity index (χ2v) is 7.49. The Hall–Kier alpha value is -0.370. The molecule has 0 N–H and O–H groups in total. The summed E-state index contributed by atoms with van der Waals surface area (Å²) >= 11 is 0. The Balaban J connectivity index is 1.67. The molecule has 2 atom stereocenters. The smallest absolute Gasteiger partial charge is 0.142 e. The summed E-state index contributed by atoms with van der Waals surface area (Å²) in [4.78, 5) is 12.3. The van der Waals surface area contributed by atoms with Crippen LogP contribution in [0.3, 0.4) is 0 Å². The lowest BCUT2D eigenvalue weighted by atomic mass is 9.69. The van der Waals surface area contributed by atoms with Crippen LogP contribution in [0.1, 0.15) is 78.6 Å². The van der Waals surface area contributed by atoms with Crippen molar-refractivity contribution in [2.24, 2.45) is 16.7 Å². The summed E-state index contributed by atoms with van der Waals surface area (Å²) in [6.07, 6.45) is 10.8. The summed E-state index contributed by atoms with van der Waals surface area (Å²) in [6.45, 7) is 8.32. The number of rotatable bonds is 9.